The summed E-state index contributed by atoms with van der Waals surface area (Å²) < 4.78 is 0. The first kappa shape index (κ1) is 11.2. The minimum absolute atomic E-state index is 0.327. The average molecular weight is 224 g/mol. The van der Waals surface area contributed by atoms with Crippen molar-refractivity contribution >= 4 is 11.6 Å². The van der Waals surface area contributed by atoms with Crippen LogP contribution in [-0.2, 0) is 0 Å². The van der Waals surface area contributed by atoms with Crippen LogP contribution in [0.15, 0.2) is 64.8 Å². The summed E-state index contributed by atoms with van der Waals surface area (Å²) in [7, 11) is 0. The van der Waals surface area contributed by atoms with Gasteiger partial charge in [-0.05, 0) is 36.8 Å². The molecule has 2 aromatic carbocycles. The van der Waals surface area contributed by atoms with Crippen molar-refractivity contribution in [2.24, 2.45) is 10.2 Å². The van der Waals surface area contributed by atoms with E-state index in [1.54, 1.807) is 24.3 Å². The molecule has 0 saturated heterocycles. The van der Waals surface area contributed by atoms with Gasteiger partial charge in [-0.3, -0.25) is 4.79 Å². The second-order valence-electron chi connectivity index (χ2n) is 3.71. The van der Waals surface area contributed by atoms with Crippen LogP contribution in [0.3, 0.4) is 0 Å². The normalized spacial score (nSPS) is 10.6. The van der Waals surface area contributed by atoms with Crippen LogP contribution in [0.1, 0.15) is 15.9 Å². The fraction of sp³-hybridized carbons (Fsp3) is 0.0714. The van der Waals surface area contributed by atoms with Crippen LogP contribution in [-0.4, -0.2) is 5.91 Å². The molecule has 3 heteroatoms. The molecule has 3 nitrogen and oxygen atoms in total. The molecular formula is C14H12N2O. The van der Waals surface area contributed by atoms with E-state index in [1.165, 1.54) is 0 Å². The second kappa shape index (κ2) is 5.16. The Kier molecular flexibility index (Phi) is 3.40. The van der Waals surface area contributed by atoms with Crippen LogP contribution >= 0.6 is 0 Å². The molecule has 0 heterocycles. The number of azo groups is 1. The van der Waals surface area contributed by atoms with Gasteiger partial charge >= 0.3 is 0 Å². The van der Waals surface area contributed by atoms with Crippen molar-refractivity contribution in [2.45, 2.75) is 6.92 Å². The van der Waals surface area contributed by atoms with E-state index in [-0.39, 0.29) is 5.91 Å². The monoisotopic (exact) mass is 224 g/mol. The number of rotatable bonds is 2. The van der Waals surface area contributed by atoms with Crippen molar-refractivity contribution in [1.82, 2.24) is 0 Å². The average Bonchev–Trinajstić information content (AvgIpc) is 2.37. The Balaban J connectivity index is 2.14. The lowest BCUT2D eigenvalue weighted by molar-refractivity contribution is 0.0995. The van der Waals surface area contributed by atoms with Crippen molar-refractivity contribution in [2.75, 3.05) is 0 Å². The van der Waals surface area contributed by atoms with Gasteiger partial charge < -0.3 is 0 Å². The van der Waals surface area contributed by atoms with Gasteiger partial charge in [0.05, 0.1) is 5.69 Å². The van der Waals surface area contributed by atoms with Crippen LogP contribution in [0.2, 0.25) is 0 Å². The number of hydrogen-bond donors (Lipinski definition) is 0. The fourth-order valence-electron chi connectivity index (χ4n) is 1.43. The van der Waals surface area contributed by atoms with Crippen molar-refractivity contribution in [3.8, 4) is 0 Å². The summed E-state index contributed by atoms with van der Waals surface area (Å²) in [5, 5.41) is 7.61. The van der Waals surface area contributed by atoms with Crippen LogP contribution in [0.25, 0.3) is 0 Å². The van der Waals surface area contributed by atoms with E-state index in [0.717, 1.165) is 5.56 Å². The number of hydrogen-bond acceptors (Lipinski definition) is 2. The molecule has 0 N–H and O–H groups in total. The molecular weight excluding hydrogens is 212 g/mol. The molecule has 0 saturated carbocycles. The standard InChI is InChI=1S/C14H12N2O/c1-11-6-5-9-13(10-11)15-16-14(17)12-7-3-2-4-8-12/h2-10H,1H3. The Morgan fingerprint density at radius 1 is 1.00 bits per heavy atom. The van der Waals surface area contributed by atoms with Crippen LogP contribution in [0.5, 0.6) is 0 Å². The molecule has 0 aliphatic heterocycles. The lowest BCUT2D eigenvalue weighted by Crippen LogP contribution is -1.91. The zero-order valence-electron chi connectivity index (χ0n) is 9.50. The fourth-order valence-corrected chi connectivity index (χ4v) is 1.43. The summed E-state index contributed by atoms with van der Waals surface area (Å²) in [6.07, 6.45) is 0. The van der Waals surface area contributed by atoms with E-state index in [9.17, 15) is 4.79 Å². The maximum absolute atomic E-state index is 11.6. The van der Waals surface area contributed by atoms with Crippen LogP contribution in [0, 0.1) is 6.92 Å². The zero-order chi connectivity index (χ0) is 12.1. The lowest BCUT2D eigenvalue weighted by atomic mass is 10.2. The maximum Gasteiger partial charge on any atom is 0.295 e. The topological polar surface area (TPSA) is 41.8 Å². The van der Waals surface area contributed by atoms with Gasteiger partial charge in [0.2, 0.25) is 0 Å². The minimum Gasteiger partial charge on any atom is -0.265 e. The van der Waals surface area contributed by atoms with Gasteiger partial charge in [0.1, 0.15) is 0 Å². The number of aryl methyl sites for hydroxylation is 1. The minimum atomic E-state index is -0.327. The number of benzene rings is 2. The van der Waals surface area contributed by atoms with Gasteiger partial charge in [0.15, 0.2) is 0 Å². The van der Waals surface area contributed by atoms with Crippen molar-refractivity contribution in [3.05, 3.63) is 65.7 Å². The summed E-state index contributed by atoms with van der Waals surface area (Å²) in [5.74, 6) is -0.327. The molecule has 0 unspecified atom stereocenters. The predicted molar refractivity (Wildman–Crippen MR) is 66.5 cm³/mol. The highest BCUT2D eigenvalue weighted by atomic mass is 16.1. The quantitative estimate of drug-likeness (QED) is 0.713. The number of carbonyl (C=O) groups excluding carboxylic acids is 1. The Bertz CT molecular complexity index is 547. The molecule has 2 rings (SSSR count). The Morgan fingerprint density at radius 3 is 2.47 bits per heavy atom. The van der Waals surface area contributed by atoms with E-state index in [2.05, 4.69) is 10.2 Å². The van der Waals surface area contributed by atoms with Crippen molar-refractivity contribution < 1.29 is 4.79 Å². The zero-order valence-corrected chi connectivity index (χ0v) is 9.50. The Hall–Kier alpha value is -2.29. The highest BCUT2D eigenvalue weighted by molar-refractivity contribution is 5.94. The largest absolute Gasteiger partial charge is 0.295 e. The summed E-state index contributed by atoms with van der Waals surface area (Å²) in [6.45, 7) is 1.97. The number of nitrogens with zero attached hydrogens (tertiary/aromatic N) is 2. The third kappa shape index (κ3) is 3.08. The Labute approximate surface area is 99.8 Å². The number of amides is 1. The van der Waals surface area contributed by atoms with Gasteiger partial charge in [0, 0.05) is 5.56 Å². The molecule has 0 spiro atoms. The van der Waals surface area contributed by atoms with E-state index >= 15 is 0 Å². The third-order valence-corrected chi connectivity index (χ3v) is 2.28. The SMILES string of the molecule is Cc1cccc(N=NC(=O)c2ccccc2)c1. The molecule has 1 amide bonds. The molecule has 0 aliphatic carbocycles. The maximum atomic E-state index is 11.6. The second-order valence-corrected chi connectivity index (χ2v) is 3.71. The first-order valence-corrected chi connectivity index (χ1v) is 5.33. The van der Waals surface area contributed by atoms with E-state index < -0.39 is 0 Å². The van der Waals surface area contributed by atoms with Gasteiger partial charge in [-0.2, -0.15) is 0 Å². The molecule has 17 heavy (non-hydrogen) atoms. The van der Waals surface area contributed by atoms with E-state index in [0.29, 0.717) is 11.3 Å². The molecule has 0 fully saturated rings. The third-order valence-electron chi connectivity index (χ3n) is 2.28. The molecule has 0 bridgehead atoms. The van der Waals surface area contributed by atoms with E-state index in [4.69, 9.17) is 0 Å². The highest BCUT2D eigenvalue weighted by Gasteiger charge is 2.01. The summed E-state index contributed by atoms with van der Waals surface area (Å²) >= 11 is 0. The number of carbonyl (C=O) groups is 1. The molecule has 0 radical (unpaired) electrons. The molecule has 2 aromatic rings. The van der Waals surface area contributed by atoms with Gasteiger partial charge in [0.25, 0.3) is 5.91 Å². The predicted octanol–water partition coefficient (Wildman–Crippen LogP) is 3.92. The smallest absolute Gasteiger partial charge is 0.265 e. The van der Waals surface area contributed by atoms with Gasteiger partial charge in [-0.15, -0.1) is 10.2 Å². The molecule has 0 aromatic heterocycles. The van der Waals surface area contributed by atoms with Crippen molar-refractivity contribution in [3.63, 3.8) is 0 Å². The van der Waals surface area contributed by atoms with Crippen molar-refractivity contribution in [1.29, 1.82) is 0 Å². The summed E-state index contributed by atoms with van der Waals surface area (Å²) in [5.41, 5.74) is 2.33. The summed E-state index contributed by atoms with van der Waals surface area (Å²) in [4.78, 5) is 11.6. The van der Waals surface area contributed by atoms with Gasteiger partial charge in [-0.25, -0.2) is 0 Å². The van der Waals surface area contributed by atoms with E-state index in [1.807, 2.05) is 37.3 Å². The first-order valence-electron chi connectivity index (χ1n) is 5.33. The molecule has 0 aliphatic rings. The summed E-state index contributed by atoms with van der Waals surface area (Å²) in [6, 6.07) is 16.4. The van der Waals surface area contributed by atoms with Crippen LogP contribution in [0.4, 0.5) is 5.69 Å². The lowest BCUT2D eigenvalue weighted by Gasteiger charge is -1.95. The highest BCUT2D eigenvalue weighted by Crippen LogP contribution is 2.14. The van der Waals surface area contributed by atoms with Crippen LogP contribution < -0.4 is 0 Å². The van der Waals surface area contributed by atoms with Gasteiger partial charge in [-0.1, -0.05) is 30.3 Å². The first-order chi connectivity index (χ1) is 8.25. The molecule has 84 valence electrons. The Morgan fingerprint density at radius 2 is 1.76 bits per heavy atom. The molecule has 0 atom stereocenters.